The van der Waals surface area contributed by atoms with Gasteiger partial charge in [-0.25, -0.2) is 4.79 Å². The predicted molar refractivity (Wildman–Crippen MR) is 72.3 cm³/mol. The molecule has 0 amide bonds. The van der Waals surface area contributed by atoms with Crippen molar-refractivity contribution in [2.45, 2.75) is 6.92 Å². The molecular weight excluding hydrogens is 262 g/mol. The molecule has 0 fully saturated rings. The van der Waals surface area contributed by atoms with E-state index in [2.05, 4.69) is 10.3 Å². The van der Waals surface area contributed by atoms with Gasteiger partial charge in [0, 0.05) is 18.0 Å². The first-order valence-corrected chi connectivity index (χ1v) is 5.68. The van der Waals surface area contributed by atoms with E-state index in [1.54, 1.807) is 18.5 Å². The molecule has 20 heavy (non-hydrogen) atoms. The number of aryl methyl sites for hydroxylation is 1. The van der Waals surface area contributed by atoms with Gasteiger partial charge in [0.25, 0.3) is 5.69 Å². The molecule has 0 aliphatic heterocycles. The number of hydrogen-bond acceptors (Lipinski definition) is 5. The number of hydrogen-bond donors (Lipinski definition) is 2. The van der Waals surface area contributed by atoms with Gasteiger partial charge in [0.05, 0.1) is 16.8 Å². The van der Waals surface area contributed by atoms with Crippen LogP contribution in [0.5, 0.6) is 0 Å². The summed E-state index contributed by atoms with van der Waals surface area (Å²) in [6.45, 7) is 1.87. The summed E-state index contributed by atoms with van der Waals surface area (Å²) in [4.78, 5) is 25.1. The van der Waals surface area contributed by atoms with Crippen molar-refractivity contribution >= 4 is 23.0 Å². The first kappa shape index (κ1) is 13.5. The zero-order valence-electron chi connectivity index (χ0n) is 10.5. The third-order valence-electron chi connectivity index (χ3n) is 2.74. The van der Waals surface area contributed by atoms with Crippen molar-refractivity contribution in [2.75, 3.05) is 5.32 Å². The SMILES string of the molecule is Cc1ccncc1Nc1ccc([N+](=O)[O-])c(C(=O)O)c1. The number of anilines is 2. The molecule has 1 heterocycles. The Balaban J connectivity index is 2.40. The van der Waals surface area contributed by atoms with E-state index in [1.165, 1.54) is 12.1 Å². The Hall–Kier alpha value is -2.96. The molecule has 7 heteroatoms. The van der Waals surface area contributed by atoms with Crippen molar-refractivity contribution in [3.05, 3.63) is 57.9 Å². The molecule has 1 aromatic carbocycles. The Morgan fingerprint density at radius 1 is 1.40 bits per heavy atom. The van der Waals surface area contributed by atoms with Gasteiger partial charge in [-0.05, 0) is 30.7 Å². The average molecular weight is 273 g/mol. The lowest BCUT2D eigenvalue weighted by molar-refractivity contribution is -0.385. The van der Waals surface area contributed by atoms with Gasteiger partial charge in [-0.3, -0.25) is 15.1 Å². The van der Waals surface area contributed by atoms with Crippen LogP contribution in [0.3, 0.4) is 0 Å². The van der Waals surface area contributed by atoms with Gasteiger partial charge >= 0.3 is 5.97 Å². The molecule has 102 valence electrons. The smallest absolute Gasteiger partial charge is 0.342 e. The number of carboxylic acids is 1. The van der Waals surface area contributed by atoms with E-state index in [-0.39, 0.29) is 5.56 Å². The summed E-state index contributed by atoms with van der Waals surface area (Å²) in [7, 11) is 0. The van der Waals surface area contributed by atoms with Crippen LogP contribution in [0.15, 0.2) is 36.7 Å². The number of nitrogens with zero attached hydrogens (tertiary/aromatic N) is 2. The molecule has 2 N–H and O–H groups in total. The van der Waals surface area contributed by atoms with Gasteiger partial charge in [-0.1, -0.05) is 0 Å². The standard InChI is InChI=1S/C13H11N3O4/c1-8-4-5-14-7-11(8)15-9-2-3-12(16(19)20)10(6-9)13(17)18/h2-7,15H,1H3,(H,17,18). The van der Waals surface area contributed by atoms with E-state index < -0.39 is 16.6 Å². The van der Waals surface area contributed by atoms with E-state index in [9.17, 15) is 14.9 Å². The van der Waals surface area contributed by atoms with Crippen LogP contribution in [-0.4, -0.2) is 21.0 Å². The zero-order chi connectivity index (χ0) is 14.7. The second kappa shape index (κ2) is 5.35. The van der Waals surface area contributed by atoms with Crippen LogP contribution in [-0.2, 0) is 0 Å². The quantitative estimate of drug-likeness (QED) is 0.655. The summed E-state index contributed by atoms with van der Waals surface area (Å²) in [5, 5.41) is 22.8. The molecule has 0 bridgehead atoms. The topological polar surface area (TPSA) is 105 Å². The fraction of sp³-hybridized carbons (Fsp3) is 0.0769. The van der Waals surface area contributed by atoms with Crippen molar-refractivity contribution in [1.29, 1.82) is 0 Å². The van der Waals surface area contributed by atoms with Crippen LogP contribution in [0.4, 0.5) is 17.1 Å². The summed E-state index contributed by atoms with van der Waals surface area (Å²) in [6.07, 6.45) is 3.23. The summed E-state index contributed by atoms with van der Waals surface area (Å²) >= 11 is 0. The molecule has 0 saturated heterocycles. The lowest BCUT2D eigenvalue weighted by atomic mass is 10.1. The molecule has 0 saturated carbocycles. The summed E-state index contributed by atoms with van der Waals surface area (Å²) in [5.41, 5.74) is 1.28. The van der Waals surface area contributed by atoms with Crippen molar-refractivity contribution < 1.29 is 14.8 Å². The highest BCUT2D eigenvalue weighted by Gasteiger charge is 2.20. The number of carboxylic acid groups (broad SMARTS) is 1. The largest absolute Gasteiger partial charge is 0.477 e. The van der Waals surface area contributed by atoms with Gasteiger partial charge in [0.15, 0.2) is 0 Å². The molecule has 7 nitrogen and oxygen atoms in total. The lowest BCUT2D eigenvalue weighted by Crippen LogP contribution is -2.04. The number of rotatable bonds is 4. The first-order chi connectivity index (χ1) is 9.49. The van der Waals surface area contributed by atoms with Crippen LogP contribution < -0.4 is 5.32 Å². The van der Waals surface area contributed by atoms with Gasteiger partial charge < -0.3 is 10.4 Å². The van der Waals surface area contributed by atoms with Crippen molar-refractivity contribution in [3.63, 3.8) is 0 Å². The van der Waals surface area contributed by atoms with E-state index in [0.717, 1.165) is 11.6 Å². The van der Waals surface area contributed by atoms with Crippen molar-refractivity contribution in [3.8, 4) is 0 Å². The van der Waals surface area contributed by atoms with E-state index in [4.69, 9.17) is 5.11 Å². The van der Waals surface area contributed by atoms with Gasteiger partial charge in [0.2, 0.25) is 0 Å². The molecule has 2 aromatic rings. The van der Waals surface area contributed by atoms with Crippen molar-refractivity contribution in [1.82, 2.24) is 4.98 Å². The number of nitro groups is 1. The summed E-state index contributed by atoms with van der Waals surface area (Å²) in [6, 6.07) is 5.65. The van der Waals surface area contributed by atoms with Crippen LogP contribution in [0.25, 0.3) is 0 Å². The monoisotopic (exact) mass is 273 g/mol. The number of benzene rings is 1. The highest BCUT2D eigenvalue weighted by Crippen LogP contribution is 2.25. The minimum atomic E-state index is -1.34. The lowest BCUT2D eigenvalue weighted by Gasteiger charge is -2.09. The fourth-order valence-corrected chi connectivity index (χ4v) is 1.69. The maximum atomic E-state index is 11.1. The first-order valence-electron chi connectivity index (χ1n) is 5.68. The molecule has 0 atom stereocenters. The summed E-state index contributed by atoms with van der Waals surface area (Å²) in [5.74, 6) is -1.34. The van der Waals surface area contributed by atoms with Crippen LogP contribution in [0.1, 0.15) is 15.9 Å². The minimum absolute atomic E-state index is 0.360. The predicted octanol–water partition coefficient (Wildman–Crippen LogP) is 2.74. The molecule has 0 aliphatic rings. The Bertz CT molecular complexity index is 685. The van der Waals surface area contributed by atoms with E-state index in [0.29, 0.717) is 11.4 Å². The number of nitro benzene ring substituents is 1. The third kappa shape index (κ3) is 2.72. The highest BCUT2D eigenvalue weighted by atomic mass is 16.6. The zero-order valence-corrected chi connectivity index (χ0v) is 10.5. The van der Waals surface area contributed by atoms with Crippen LogP contribution in [0.2, 0.25) is 0 Å². The highest BCUT2D eigenvalue weighted by molar-refractivity contribution is 5.93. The van der Waals surface area contributed by atoms with Gasteiger partial charge in [-0.15, -0.1) is 0 Å². The Morgan fingerprint density at radius 2 is 2.15 bits per heavy atom. The summed E-state index contributed by atoms with van der Waals surface area (Å²) < 4.78 is 0. The maximum absolute atomic E-state index is 11.1. The van der Waals surface area contributed by atoms with Crippen LogP contribution in [0, 0.1) is 17.0 Å². The minimum Gasteiger partial charge on any atom is -0.477 e. The van der Waals surface area contributed by atoms with Crippen LogP contribution >= 0.6 is 0 Å². The number of aromatic nitrogens is 1. The Labute approximate surface area is 114 Å². The molecule has 2 rings (SSSR count). The number of carbonyl (C=O) groups is 1. The second-order valence-electron chi connectivity index (χ2n) is 4.11. The number of aromatic carboxylic acids is 1. The molecule has 0 unspecified atom stereocenters. The molecule has 0 spiro atoms. The molecule has 1 aromatic heterocycles. The number of pyridine rings is 1. The third-order valence-corrected chi connectivity index (χ3v) is 2.74. The Morgan fingerprint density at radius 3 is 2.75 bits per heavy atom. The van der Waals surface area contributed by atoms with Gasteiger partial charge in [0.1, 0.15) is 5.56 Å². The molecular formula is C13H11N3O4. The number of nitrogens with one attached hydrogen (secondary N) is 1. The van der Waals surface area contributed by atoms with Crippen molar-refractivity contribution in [2.24, 2.45) is 0 Å². The normalized spacial score (nSPS) is 10.1. The Kier molecular flexibility index (Phi) is 3.60. The van der Waals surface area contributed by atoms with E-state index >= 15 is 0 Å². The second-order valence-corrected chi connectivity index (χ2v) is 4.11. The average Bonchev–Trinajstić information content (AvgIpc) is 2.41. The van der Waals surface area contributed by atoms with E-state index in [1.807, 2.05) is 6.92 Å². The molecule has 0 aliphatic carbocycles. The molecule has 0 radical (unpaired) electrons. The van der Waals surface area contributed by atoms with Gasteiger partial charge in [-0.2, -0.15) is 0 Å². The maximum Gasteiger partial charge on any atom is 0.342 e. The fourth-order valence-electron chi connectivity index (χ4n) is 1.69.